The lowest BCUT2D eigenvalue weighted by molar-refractivity contribution is 0.112. The zero-order chi connectivity index (χ0) is 9.82. The molecule has 0 aliphatic rings. The lowest BCUT2D eigenvalue weighted by Gasteiger charge is -1.81. The molecule has 2 heteroatoms. The zero-order valence-electron chi connectivity index (χ0n) is 7.95. The standard InChI is InChI=1S/C7H6O.C2H6.CH5P/c8-6-7-4-2-1-3-5-7;2*1-2/h1-6H;1-2H3;2H2,1H3. The molecule has 1 rings (SSSR count). The largest absolute Gasteiger partial charge is 0.298 e. The normalized spacial score (nSPS) is 6.67. The molecule has 0 heterocycles. The average molecular weight is 184 g/mol. The summed E-state index contributed by atoms with van der Waals surface area (Å²) in [5.41, 5.74) is 0.729. The Labute approximate surface area is 77.4 Å². The molecule has 0 aromatic heterocycles. The first-order valence-electron chi connectivity index (χ1n) is 4.01. The molecule has 0 saturated carbocycles. The molecule has 0 saturated heterocycles. The Morgan fingerprint density at radius 2 is 1.50 bits per heavy atom. The van der Waals surface area contributed by atoms with Gasteiger partial charge in [-0.1, -0.05) is 50.8 Å². The van der Waals surface area contributed by atoms with Gasteiger partial charge in [-0.05, 0) is 0 Å². The van der Waals surface area contributed by atoms with Crippen LogP contribution in [-0.4, -0.2) is 13.0 Å². The van der Waals surface area contributed by atoms with E-state index < -0.39 is 0 Å². The highest BCUT2D eigenvalue weighted by molar-refractivity contribution is 7.15. The van der Waals surface area contributed by atoms with Crippen molar-refractivity contribution in [3.05, 3.63) is 35.9 Å². The molecule has 1 aromatic rings. The maximum atomic E-state index is 10.0. The summed E-state index contributed by atoms with van der Waals surface area (Å²) >= 11 is 0. The lowest BCUT2D eigenvalue weighted by atomic mass is 10.2. The van der Waals surface area contributed by atoms with Crippen molar-refractivity contribution in [1.82, 2.24) is 0 Å². The van der Waals surface area contributed by atoms with Crippen LogP contribution in [0.4, 0.5) is 0 Å². The predicted octanol–water partition coefficient (Wildman–Crippen LogP) is 3.02. The highest BCUT2D eigenvalue weighted by Crippen LogP contribution is 1.91. The van der Waals surface area contributed by atoms with Gasteiger partial charge in [0.2, 0.25) is 0 Å². The molecule has 1 atom stereocenters. The predicted molar refractivity (Wildman–Crippen MR) is 58.8 cm³/mol. The number of hydrogen-bond acceptors (Lipinski definition) is 1. The number of aldehydes is 1. The van der Waals surface area contributed by atoms with E-state index in [1.807, 2.05) is 38.7 Å². The Balaban J connectivity index is 0. The topological polar surface area (TPSA) is 17.1 Å². The van der Waals surface area contributed by atoms with Crippen LogP contribution in [0, 0.1) is 0 Å². The van der Waals surface area contributed by atoms with Gasteiger partial charge in [-0.3, -0.25) is 4.79 Å². The van der Waals surface area contributed by atoms with Gasteiger partial charge in [0.25, 0.3) is 0 Å². The minimum Gasteiger partial charge on any atom is -0.298 e. The van der Waals surface area contributed by atoms with E-state index in [1.165, 1.54) is 0 Å². The molecule has 0 fully saturated rings. The van der Waals surface area contributed by atoms with Crippen molar-refractivity contribution in [3.63, 3.8) is 0 Å². The maximum Gasteiger partial charge on any atom is 0.150 e. The summed E-state index contributed by atoms with van der Waals surface area (Å²) in [5.74, 6) is 0. The van der Waals surface area contributed by atoms with Crippen LogP contribution in [0.1, 0.15) is 24.2 Å². The second kappa shape index (κ2) is 12.9. The van der Waals surface area contributed by atoms with Crippen LogP contribution in [-0.2, 0) is 0 Å². The minimum absolute atomic E-state index is 0.729. The van der Waals surface area contributed by atoms with Crippen LogP contribution in [0.15, 0.2) is 30.3 Å². The number of carbonyl (C=O) groups is 1. The summed E-state index contributed by atoms with van der Waals surface area (Å²) in [5, 5.41) is 0. The molecule has 1 aromatic carbocycles. The van der Waals surface area contributed by atoms with Gasteiger partial charge in [0, 0.05) is 5.56 Å². The fourth-order valence-corrected chi connectivity index (χ4v) is 0.532. The maximum absolute atomic E-state index is 10.0. The Morgan fingerprint density at radius 3 is 1.75 bits per heavy atom. The van der Waals surface area contributed by atoms with Gasteiger partial charge >= 0.3 is 0 Å². The van der Waals surface area contributed by atoms with E-state index in [-0.39, 0.29) is 0 Å². The van der Waals surface area contributed by atoms with Crippen LogP contribution in [0.5, 0.6) is 0 Å². The molecule has 0 aliphatic heterocycles. The summed E-state index contributed by atoms with van der Waals surface area (Å²) in [7, 11) is 2.42. The molecule has 0 radical (unpaired) electrons. The third-order valence-corrected chi connectivity index (χ3v) is 0.936. The quantitative estimate of drug-likeness (QED) is 0.484. The molecule has 0 amide bonds. The average Bonchev–Trinajstić information content (AvgIpc) is 2.25. The summed E-state index contributed by atoms with van der Waals surface area (Å²) in [4.78, 5) is 10.0. The monoisotopic (exact) mass is 184 g/mol. The Morgan fingerprint density at radius 1 is 1.08 bits per heavy atom. The molecule has 1 nitrogen and oxygen atoms in total. The molecule has 12 heavy (non-hydrogen) atoms. The zero-order valence-corrected chi connectivity index (χ0v) is 9.10. The number of benzene rings is 1. The third kappa shape index (κ3) is 7.43. The summed E-state index contributed by atoms with van der Waals surface area (Å²) < 4.78 is 0. The fourth-order valence-electron chi connectivity index (χ4n) is 0.532. The van der Waals surface area contributed by atoms with Crippen LogP contribution in [0.2, 0.25) is 0 Å². The molecule has 68 valence electrons. The Bertz CT molecular complexity index is 172. The SMILES string of the molecule is CC.CP.O=Cc1ccccc1. The van der Waals surface area contributed by atoms with Crippen molar-refractivity contribution in [1.29, 1.82) is 0 Å². The molecule has 0 aliphatic carbocycles. The van der Waals surface area contributed by atoms with E-state index in [0.717, 1.165) is 11.8 Å². The van der Waals surface area contributed by atoms with Gasteiger partial charge in [-0.15, -0.1) is 9.24 Å². The van der Waals surface area contributed by atoms with Crippen LogP contribution in [0.25, 0.3) is 0 Å². The van der Waals surface area contributed by atoms with E-state index in [2.05, 4.69) is 9.24 Å². The van der Waals surface area contributed by atoms with E-state index in [4.69, 9.17) is 0 Å². The van der Waals surface area contributed by atoms with Crippen LogP contribution < -0.4 is 0 Å². The number of carbonyl (C=O) groups excluding carboxylic acids is 1. The second-order valence-electron chi connectivity index (χ2n) is 1.53. The third-order valence-electron chi connectivity index (χ3n) is 0.936. The van der Waals surface area contributed by atoms with Gasteiger partial charge in [-0.2, -0.15) is 0 Å². The van der Waals surface area contributed by atoms with Gasteiger partial charge in [0.05, 0.1) is 0 Å². The van der Waals surface area contributed by atoms with Crippen molar-refractivity contribution in [3.8, 4) is 0 Å². The lowest BCUT2D eigenvalue weighted by Crippen LogP contribution is -1.73. The first-order valence-corrected chi connectivity index (χ1v) is 5.17. The smallest absolute Gasteiger partial charge is 0.150 e. The molecule has 0 N–H and O–H groups in total. The molecular weight excluding hydrogens is 167 g/mol. The van der Waals surface area contributed by atoms with Crippen molar-refractivity contribution < 1.29 is 4.79 Å². The van der Waals surface area contributed by atoms with Gasteiger partial charge < -0.3 is 0 Å². The van der Waals surface area contributed by atoms with Gasteiger partial charge in [0.1, 0.15) is 6.29 Å². The van der Waals surface area contributed by atoms with Crippen molar-refractivity contribution in [2.24, 2.45) is 0 Å². The summed E-state index contributed by atoms with van der Waals surface area (Å²) in [6.07, 6.45) is 0.833. The van der Waals surface area contributed by atoms with Crippen LogP contribution in [0.3, 0.4) is 0 Å². The van der Waals surface area contributed by atoms with Gasteiger partial charge in [-0.25, -0.2) is 0 Å². The van der Waals surface area contributed by atoms with Crippen molar-refractivity contribution in [2.75, 3.05) is 6.66 Å². The molecule has 0 bridgehead atoms. The van der Waals surface area contributed by atoms with Crippen LogP contribution >= 0.6 is 9.24 Å². The van der Waals surface area contributed by atoms with E-state index in [9.17, 15) is 4.79 Å². The Kier molecular flexibility index (Phi) is 15.0. The molecule has 0 spiro atoms. The van der Waals surface area contributed by atoms with Gasteiger partial charge in [0.15, 0.2) is 0 Å². The van der Waals surface area contributed by atoms with Crippen molar-refractivity contribution >= 4 is 15.5 Å². The first kappa shape index (κ1) is 13.9. The van der Waals surface area contributed by atoms with E-state index in [0.29, 0.717) is 0 Å². The highest BCUT2D eigenvalue weighted by atomic mass is 31.0. The van der Waals surface area contributed by atoms with E-state index in [1.54, 1.807) is 12.1 Å². The number of rotatable bonds is 1. The highest BCUT2D eigenvalue weighted by Gasteiger charge is 1.79. The Hall–Kier alpha value is -0.680. The van der Waals surface area contributed by atoms with E-state index >= 15 is 0 Å². The molecule has 1 unspecified atom stereocenters. The molecular formula is C10H17OP. The van der Waals surface area contributed by atoms with Crippen molar-refractivity contribution in [2.45, 2.75) is 13.8 Å². The minimum atomic E-state index is 0.729. The second-order valence-corrected chi connectivity index (χ2v) is 1.53. The first-order chi connectivity index (χ1) is 5.93. The summed E-state index contributed by atoms with van der Waals surface area (Å²) in [6.45, 7) is 5.92. The number of hydrogen-bond donors (Lipinski definition) is 0. The summed E-state index contributed by atoms with van der Waals surface area (Å²) in [6, 6.07) is 9.10. The fraction of sp³-hybridized carbons (Fsp3) is 0.300.